The maximum atomic E-state index is 10.2. The average Bonchev–Trinajstić information content (AvgIpc) is 3.69. The Morgan fingerprint density at radius 2 is 0.964 bits per heavy atom. The summed E-state index contributed by atoms with van der Waals surface area (Å²) in [4.78, 5) is 0. The summed E-state index contributed by atoms with van der Waals surface area (Å²) in [5.41, 5.74) is 8.08. The Bertz CT molecular complexity index is 1390. The minimum absolute atomic E-state index is 0.0813. The zero-order valence-corrected chi connectivity index (χ0v) is 38.3. The van der Waals surface area contributed by atoms with Crippen molar-refractivity contribution in [3.63, 3.8) is 0 Å². The van der Waals surface area contributed by atoms with Crippen molar-refractivity contribution >= 4 is 0 Å². The summed E-state index contributed by atoms with van der Waals surface area (Å²) in [6, 6.07) is 0. The second-order valence-electron chi connectivity index (χ2n) is 23.4. The standard InChI is InChI=1S/2C27H44O/c2*1-18(2)7-6-8-19(3)23-11-12-24-22-10-9-20-17-21(28)13-15-26(20,4)25(22)14-16-27(23,24)5/h2*7,9,19,21-25,28H,6,8,10-17H2,1-5H3/t2*19-,21+,22+,23-,24+,25+,26+,27-/m11/s1. The summed E-state index contributed by atoms with van der Waals surface area (Å²) < 4.78 is 0. The lowest BCUT2D eigenvalue weighted by molar-refractivity contribution is -0.0571. The topological polar surface area (TPSA) is 40.5 Å². The van der Waals surface area contributed by atoms with Crippen LogP contribution in [0.5, 0.6) is 0 Å². The lowest BCUT2D eigenvalue weighted by Crippen LogP contribution is -2.50. The van der Waals surface area contributed by atoms with Gasteiger partial charge in [0.25, 0.3) is 0 Å². The van der Waals surface area contributed by atoms with Crippen molar-refractivity contribution in [2.45, 2.75) is 210 Å². The summed E-state index contributed by atoms with van der Waals surface area (Å²) in [5.74, 6) is 8.98. The molecule has 0 amide bonds. The fraction of sp³-hybridized carbons (Fsp3) is 0.852. The minimum atomic E-state index is -0.0813. The highest BCUT2D eigenvalue weighted by Crippen LogP contribution is 2.69. The first kappa shape index (κ1) is 43.0. The number of allylic oxidation sites excluding steroid dienone is 6. The minimum Gasteiger partial charge on any atom is -0.393 e. The van der Waals surface area contributed by atoms with Crippen LogP contribution in [-0.2, 0) is 0 Å². The van der Waals surface area contributed by atoms with E-state index in [9.17, 15) is 10.2 Å². The van der Waals surface area contributed by atoms with E-state index < -0.39 is 0 Å². The molecule has 0 radical (unpaired) electrons. The number of hydrogen-bond acceptors (Lipinski definition) is 2. The summed E-state index contributed by atoms with van der Waals surface area (Å²) in [7, 11) is 0. The second-order valence-corrected chi connectivity index (χ2v) is 23.4. The van der Waals surface area contributed by atoms with Crippen molar-refractivity contribution in [2.75, 3.05) is 0 Å². The number of rotatable bonds is 8. The second kappa shape index (κ2) is 16.7. The van der Waals surface area contributed by atoms with E-state index in [1.807, 2.05) is 0 Å². The van der Waals surface area contributed by atoms with Gasteiger partial charge in [-0.15, -0.1) is 0 Å². The van der Waals surface area contributed by atoms with Gasteiger partial charge in [0.05, 0.1) is 12.2 Å². The van der Waals surface area contributed by atoms with Crippen LogP contribution in [0.25, 0.3) is 0 Å². The molecular weight excluding hydrogens is 681 g/mol. The van der Waals surface area contributed by atoms with E-state index in [1.165, 1.54) is 114 Å². The molecule has 0 unspecified atom stereocenters. The highest BCUT2D eigenvalue weighted by Gasteiger charge is 2.60. The molecule has 0 heterocycles. The van der Waals surface area contributed by atoms with Gasteiger partial charge in [0.15, 0.2) is 0 Å². The molecule has 8 aliphatic rings. The van der Waals surface area contributed by atoms with Crippen molar-refractivity contribution in [2.24, 2.45) is 80.8 Å². The van der Waals surface area contributed by atoms with Crippen LogP contribution in [0.1, 0.15) is 198 Å². The van der Waals surface area contributed by atoms with Crippen LogP contribution in [0.15, 0.2) is 46.6 Å². The highest BCUT2D eigenvalue weighted by molar-refractivity contribution is 5.27. The third-order valence-electron chi connectivity index (χ3n) is 20.0. The van der Waals surface area contributed by atoms with Gasteiger partial charge in [-0.3, -0.25) is 0 Å². The Kier molecular flexibility index (Phi) is 12.8. The van der Waals surface area contributed by atoms with Gasteiger partial charge in [-0.1, -0.05) is 88.1 Å². The molecular formula is C54H88O2. The smallest absolute Gasteiger partial charge is 0.0577 e. The predicted octanol–water partition coefficient (Wildman–Crippen LogP) is 14.6. The zero-order chi connectivity index (χ0) is 40.2. The molecule has 8 aliphatic carbocycles. The molecule has 8 rings (SSSR count). The molecule has 0 spiro atoms. The van der Waals surface area contributed by atoms with Gasteiger partial charge in [0.1, 0.15) is 0 Å². The lowest BCUT2D eigenvalue weighted by Gasteiger charge is -2.58. The van der Waals surface area contributed by atoms with Crippen molar-refractivity contribution in [1.29, 1.82) is 0 Å². The molecule has 2 N–H and O–H groups in total. The maximum Gasteiger partial charge on any atom is 0.0577 e. The summed E-state index contributed by atoms with van der Waals surface area (Å²) in [6.07, 6.45) is 35.7. The molecule has 0 aromatic carbocycles. The van der Waals surface area contributed by atoms with E-state index in [-0.39, 0.29) is 12.2 Å². The van der Waals surface area contributed by atoms with Gasteiger partial charge in [0.2, 0.25) is 0 Å². The Hall–Kier alpha value is -1.12. The van der Waals surface area contributed by atoms with Crippen LogP contribution in [0.3, 0.4) is 0 Å². The molecule has 56 heavy (non-hydrogen) atoms. The molecule has 2 heteroatoms. The van der Waals surface area contributed by atoms with Crippen molar-refractivity contribution < 1.29 is 10.2 Å². The van der Waals surface area contributed by atoms with Gasteiger partial charge in [-0.05, 0) is 237 Å². The first-order valence-electron chi connectivity index (χ1n) is 24.5. The SMILES string of the molecule is CC(C)=CCC[C@@H](C)[C@H]1CC[C@H]2[C@@H]3CC=C4C[C@@H](O)CC[C@]4(C)[C@H]3CC[C@]12C.CC(C)=CCC[C@@H](C)[C@H]1CC[C@H]2[C@@H]3CC=C4C[C@@H](O)CC[C@]4(C)[C@H]3CC[C@]12C. The Morgan fingerprint density at radius 3 is 1.34 bits per heavy atom. The van der Waals surface area contributed by atoms with Gasteiger partial charge >= 0.3 is 0 Å². The summed E-state index contributed by atoms with van der Waals surface area (Å²) in [5, 5.41) is 20.4. The van der Waals surface area contributed by atoms with E-state index >= 15 is 0 Å². The zero-order valence-electron chi connectivity index (χ0n) is 38.3. The number of hydrogen-bond donors (Lipinski definition) is 2. The quantitative estimate of drug-likeness (QED) is 0.241. The Balaban J connectivity index is 0.000000172. The molecule has 16 atom stereocenters. The fourth-order valence-corrected chi connectivity index (χ4v) is 16.9. The van der Waals surface area contributed by atoms with E-state index in [4.69, 9.17) is 0 Å². The molecule has 6 fully saturated rings. The van der Waals surface area contributed by atoms with Crippen molar-refractivity contribution in [3.8, 4) is 0 Å². The molecule has 0 bridgehead atoms. The number of aliphatic hydroxyl groups is 2. The molecule has 316 valence electrons. The van der Waals surface area contributed by atoms with Crippen LogP contribution in [0.2, 0.25) is 0 Å². The first-order chi connectivity index (χ1) is 26.5. The van der Waals surface area contributed by atoms with Crippen LogP contribution < -0.4 is 0 Å². The lowest BCUT2D eigenvalue weighted by atomic mass is 9.47. The summed E-state index contributed by atoms with van der Waals surface area (Å²) in [6.45, 7) is 24.5. The molecule has 2 nitrogen and oxygen atoms in total. The monoisotopic (exact) mass is 769 g/mol. The van der Waals surface area contributed by atoms with Gasteiger partial charge in [0, 0.05) is 0 Å². The van der Waals surface area contributed by atoms with Crippen molar-refractivity contribution in [1.82, 2.24) is 0 Å². The van der Waals surface area contributed by atoms with E-state index in [2.05, 4.69) is 93.5 Å². The normalized spacial score (nSPS) is 46.1. The van der Waals surface area contributed by atoms with Gasteiger partial charge in [-0.2, -0.15) is 0 Å². The number of fused-ring (bicyclic) bond motifs is 10. The third kappa shape index (κ3) is 7.82. The van der Waals surface area contributed by atoms with Gasteiger partial charge < -0.3 is 10.2 Å². The molecule has 6 saturated carbocycles. The van der Waals surface area contributed by atoms with Gasteiger partial charge in [-0.25, -0.2) is 0 Å². The maximum absolute atomic E-state index is 10.2. The highest BCUT2D eigenvalue weighted by atomic mass is 16.3. The molecule has 0 aromatic heterocycles. The average molecular weight is 769 g/mol. The van der Waals surface area contributed by atoms with E-state index in [0.29, 0.717) is 21.7 Å². The Morgan fingerprint density at radius 1 is 0.571 bits per heavy atom. The van der Waals surface area contributed by atoms with Crippen LogP contribution in [0, 0.1) is 80.8 Å². The third-order valence-corrected chi connectivity index (χ3v) is 20.0. The van der Waals surface area contributed by atoms with E-state index in [0.717, 1.165) is 84.9 Å². The molecule has 0 saturated heterocycles. The van der Waals surface area contributed by atoms with Crippen molar-refractivity contribution in [3.05, 3.63) is 46.6 Å². The van der Waals surface area contributed by atoms with Crippen LogP contribution in [0.4, 0.5) is 0 Å². The fourth-order valence-electron chi connectivity index (χ4n) is 16.9. The molecule has 0 aromatic rings. The predicted molar refractivity (Wildman–Crippen MR) is 238 cm³/mol. The largest absolute Gasteiger partial charge is 0.393 e. The Labute approximate surface area is 346 Å². The summed E-state index contributed by atoms with van der Waals surface area (Å²) >= 11 is 0. The van der Waals surface area contributed by atoms with E-state index in [1.54, 1.807) is 11.1 Å². The number of aliphatic hydroxyl groups excluding tert-OH is 2. The first-order valence-corrected chi connectivity index (χ1v) is 24.5. The van der Waals surface area contributed by atoms with Crippen LogP contribution >= 0.6 is 0 Å². The van der Waals surface area contributed by atoms with Crippen LogP contribution in [-0.4, -0.2) is 22.4 Å². The molecule has 0 aliphatic heterocycles.